The summed E-state index contributed by atoms with van der Waals surface area (Å²) in [4.78, 5) is 50.7. The van der Waals surface area contributed by atoms with E-state index in [2.05, 4.69) is 20.3 Å². The van der Waals surface area contributed by atoms with Crippen molar-refractivity contribution in [3.8, 4) is 0 Å². The van der Waals surface area contributed by atoms with E-state index in [-0.39, 0.29) is 16.3 Å². The van der Waals surface area contributed by atoms with Gasteiger partial charge in [0.2, 0.25) is 5.91 Å². The molecule has 1 fully saturated rings. The summed E-state index contributed by atoms with van der Waals surface area (Å²) >= 11 is 0. The van der Waals surface area contributed by atoms with Crippen molar-refractivity contribution in [1.82, 2.24) is 15.1 Å². The van der Waals surface area contributed by atoms with Crippen LogP contribution in [0.2, 0.25) is 0 Å². The molecule has 0 bridgehead atoms. The van der Waals surface area contributed by atoms with E-state index in [1.54, 1.807) is 20.8 Å². The second kappa shape index (κ2) is 9.90. The van der Waals surface area contributed by atoms with E-state index in [1.165, 1.54) is 26.8 Å². The highest BCUT2D eigenvalue weighted by Crippen LogP contribution is 2.46. The number of anilines is 1. The maximum Gasteiger partial charge on any atom is 0.417 e. The van der Waals surface area contributed by atoms with Crippen molar-refractivity contribution >= 4 is 29.9 Å². The lowest BCUT2D eigenvalue weighted by Gasteiger charge is -2.28. The first-order chi connectivity index (χ1) is 16.3. The highest BCUT2D eigenvalue weighted by Gasteiger charge is 2.66. The van der Waals surface area contributed by atoms with E-state index in [0.717, 1.165) is 13.3 Å². The molecule has 1 aromatic rings. The third kappa shape index (κ3) is 6.82. The number of carbonyl (C=O) groups excluding carboxylic acids is 4. The number of methoxy groups -OCH3 is 1. The normalized spacial score (nSPS) is 20.7. The number of aromatic nitrogens is 2. The number of likely N-dealkylation sites (tertiary alicyclic amines) is 1. The van der Waals surface area contributed by atoms with Crippen molar-refractivity contribution in [2.24, 2.45) is 5.41 Å². The first kappa shape index (κ1) is 28.8. The quantitative estimate of drug-likeness (QED) is 0.360. The Bertz CT molecular complexity index is 1030. The van der Waals surface area contributed by atoms with Crippen molar-refractivity contribution in [3.05, 3.63) is 17.8 Å². The summed E-state index contributed by atoms with van der Waals surface area (Å²) in [6, 6.07) is -1.42. The number of esters is 1. The topological polar surface area (TPSA) is 137 Å². The van der Waals surface area contributed by atoms with Crippen LogP contribution in [0.3, 0.4) is 0 Å². The van der Waals surface area contributed by atoms with Gasteiger partial charge in [0.25, 0.3) is 0 Å². The number of halogens is 3. The summed E-state index contributed by atoms with van der Waals surface area (Å²) in [6.07, 6.45) is -8.08. The van der Waals surface area contributed by atoms with Gasteiger partial charge in [0.1, 0.15) is 17.2 Å². The van der Waals surface area contributed by atoms with Crippen molar-refractivity contribution in [2.75, 3.05) is 12.4 Å². The molecule has 200 valence electrons. The van der Waals surface area contributed by atoms with Crippen LogP contribution in [0.15, 0.2) is 12.3 Å². The Labute approximate surface area is 205 Å². The van der Waals surface area contributed by atoms with E-state index in [9.17, 15) is 32.3 Å². The zero-order valence-electron chi connectivity index (χ0n) is 21.0. The fourth-order valence-electron chi connectivity index (χ4n) is 3.57. The predicted molar refractivity (Wildman–Crippen MR) is 118 cm³/mol. The van der Waals surface area contributed by atoms with Gasteiger partial charge < -0.3 is 14.2 Å². The lowest BCUT2D eigenvalue weighted by Crippen LogP contribution is -2.50. The second-order valence-electron chi connectivity index (χ2n) is 10.2. The average molecular weight is 518 g/mol. The van der Waals surface area contributed by atoms with Gasteiger partial charge in [-0.15, -0.1) is 5.10 Å². The minimum Gasteiger partial charge on any atom is -0.468 e. The number of ether oxygens (including phenoxy) is 3. The summed E-state index contributed by atoms with van der Waals surface area (Å²) in [6.45, 7) is 9.16. The Morgan fingerprint density at radius 1 is 1.11 bits per heavy atom. The first-order valence-corrected chi connectivity index (χ1v) is 10.8. The Kier molecular flexibility index (Phi) is 7.91. The maximum absolute atomic E-state index is 13.9. The molecule has 1 aliphatic heterocycles. The molecule has 3 amide bonds. The molecule has 0 radical (unpaired) electrons. The molecule has 1 unspecified atom stereocenters. The predicted octanol–water partition coefficient (Wildman–Crippen LogP) is 3.62. The molecule has 1 N–H and O–H groups in total. The molecule has 1 aliphatic rings. The SMILES string of the molecule is COC(=O)C1(Cc2cnnc(NC(=O)OC(C)(C)C)c2)C[C@@H](C(F)(F)F)N(C(=O)OC(C)(C)C)C1=O. The van der Waals surface area contributed by atoms with Crippen molar-refractivity contribution < 1.29 is 46.6 Å². The van der Waals surface area contributed by atoms with Gasteiger partial charge >= 0.3 is 24.3 Å². The van der Waals surface area contributed by atoms with Crippen LogP contribution in [0.4, 0.5) is 28.6 Å². The molecule has 1 aromatic heterocycles. The third-order valence-corrected chi connectivity index (χ3v) is 4.87. The van der Waals surface area contributed by atoms with Gasteiger partial charge in [0.05, 0.1) is 13.3 Å². The standard InChI is InChI=1S/C22H29F3N4O7/c1-19(2,3)35-17(32)27-14-8-12(11-26-28-14)9-21(16(31)34-7)10-13(22(23,24)25)29(15(21)30)18(33)36-20(4,5)6/h8,11,13H,9-10H2,1-7H3,(H,27,28,32)/t13-,21?/m0/s1. The van der Waals surface area contributed by atoms with Crippen LogP contribution in [0, 0.1) is 5.41 Å². The number of hydrogen-bond acceptors (Lipinski definition) is 9. The largest absolute Gasteiger partial charge is 0.468 e. The summed E-state index contributed by atoms with van der Waals surface area (Å²) in [5, 5.41) is 9.69. The molecule has 1 saturated heterocycles. The van der Waals surface area contributed by atoms with Crippen molar-refractivity contribution in [3.63, 3.8) is 0 Å². The van der Waals surface area contributed by atoms with E-state index in [4.69, 9.17) is 9.47 Å². The summed E-state index contributed by atoms with van der Waals surface area (Å²) in [5.41, 5.74) is -4.38. The maximum atomic E-state index is 13.9. The summed E-state index contributed by atoms with van der Waals surface area (Å²) in [5.74, 6) is -2.83. The zero-order chi connectivity index (χ0) is 27.7. The molecule has 0 aromatic carbocycles. The van der Waals surface area contributed by atoms with Crippen LogP contribution < -0.4 is 5.32 Å². The summed E-state index contributed by atoms with van der Waals surface area (Å²) < 4.78 is 56.6. The Balaban J connectivity index is 2.46. The van der Waals surface area contributed by atoms with Crippen LogP contribution >= 0.6 is 0 Å². The lowest BCUT2D eigenvalue weighted by atomic mass is 9.79. The second-order valence-corrected chi connectivity index (χ2v) is 10.2. The highest BCUT2D eigenvalue weighted by atomic mass is 19.4. The van der Waals surface area contributed by atoms with E-state index < -0.39 is 65.7 Å². The van der Waals surface area contributed by atoms with Gasteiger partial charge in [0.15, 0.2) is 11.2 Å². The smallest absolute Gasteiger partial charge is 0.417 e. The van der Waals surface area contributed by atoms with Crippen LogP contribution in [0.1, 0.15) is 53.5 Å². The van der Waals surface area contributed by atoms with E-state index in [1.807, 2.05) is 0 Å². The molecule has 0 aliphatic carbocycles. The fraction of sp³-hybridized carbons (Fsp3) is 0.636. The number of rotatable bonds is 4. The van der Waals surface area contributed by atoms with Crippen LogP contribution in [-0.4, -0.2) is 69.7 Å². The molecule has 2 atom stereocenters. The number of amides is 3. The van der Waals surface area contributed by atoms with Crippen LogP contribution in [0.25, 0.3) is 0 Å². The highest BCUT2D eigenvalue weighted by molar-refractivity contribution is 6.10. The molecule has 11 nitrogen and oxygen atoms in total. The Hall–Kier alpha value is -3.45. The monoisotopic (exact) mass is 518 g/mol. The number of carbonyl (C=O) groups is 4. The molecule has 2 heterocycles. The Morgan fingerprint density at radius 2 is 1.69 bits per heavy atom. The van der Waals surface area contributed by atoms with Gasteiger partial charge in [-0.2, -0.15) is 18.3 Å². The van der Waals surface area contributed by atoms with Gasteiger partial charge in [0, 0.05) is 6.42 Å². The number of nitrogens with zero attached hydrogens (tertiary/aromatic N) is 3. The number of alkyl halides is 3. The molecular weight excluding hydrogens is 489 g/mol. The first-order valence-electron chi connectivity index (χ1n) is 10.8. The third-order valence-electron chi connectivity index (χ3n) is 4.87. The molecule has 0 spiro atoms. The van der Waals surface area contributed by atoms with Crippen LogP contribution in [-0.2, 0) is 30.2 Å². The van der Waals surface area contributed by atoms with Gasteiger partial charge in [-0.25, -0.2) is 14.5 Å². The Morgan fingerprint density at radius 3 is 2.19 bits per heavy atom. The zero-order valence-corrected chi connectivity index (χ0v) is 21.0. The molecule has 0 saturated carbocycles. The lowest BCUT2D eigenvalue weighted by molar-refractivity contribution is -0.177. The van der Waals surface area contributed by atoms with E-state index >= 15 is 0 Å². The fourth-order valence-corrected chi connectivity index (χ4v) is 3.57. The van der Waals surface area contributed by atoms with E-state index in [0.29, 0.717) is 0 Å². The molecule has 2 rings (SSSR count). The minimum absolute atomic E-state index is 0.0711. The average Bonchev–Trinajstić information content (AvgIpc) is 2.98. The van der Waals surface area contributed by atoms with Crippen LogP contribution in [0.5, 0.6) is 0 Å². The van der Waals surface area contributed by atoms with Gasteiger partial charge in [-0.1, -0.05) is 0 Å². The molecule has 14 heteroatoms. The number of imide groups is 1. The minimum atomic E-state index is -5.05. The molecular formula is C22H29F3N4O7. The summed E-state index contributed by atoms with van der Waals surface area (Å²) in [7, 11) is 0.913. The van der Waals surface area contributed by atoms with Crippen molar-refractivity contribution in [1.29, 1.82) is 0 Å². The molecule has 36 heavy (non-hydrogen) atoms. The van der Waals surface area contributed by atoms with Gasteiger partial charge in [-0.3, -0.25) is 14.9 Å². The number of nitrogens with one attached hydrogen (secondary N) is 1. The number of hydrogen-bond donors (Lipinski definition) is 1. The van der Waals surface area contributed by atoms with Gasteiger partial charge in [-0.05, 0) is 59.6 Å². The van der Waals surface area contributed by atoms with Crippen molar-refractivity contribution in [2.45, 2.75) is 77.8 Å².